The van der Waals surface area contributed by atoms with Gasteiger partial charge < -0.3 is 23.9 Å². The molecule has 31 heavy (non-hydrogen) atoms. The number of benzene rings is 2. The van der Waals surface area contributed by atoms with E-state index in [1.807, 2.05) is 50.2 Å². The normalized spacial score (nSPS) is 14.6. The van der Waals surface area contributed by atoms with Gasteiger partial charge in [-0.3, -0.25) is 4.79 Å². The van der Waals surface area contributed by atoms with Crippen LogP contribution in [-0.4, -0.2) is 41.7 Å². The minimum absolute atomic E-state index is 0.114. The first-order valence-electron chi connectivity index (χ1n) is 9.92. The summed E-state index contributed by atoms with van der Waals surface area (Å²) in [4.78, 5) is 12.5. The molecule has 0 spiro atoms. The fourth-order valence-electron chi connectivity index (χ4n) is 3.24. The van der Waals surface area contributed by atoms with E-state index in [-0.39, 0.29) is 17.8 Å². The van der Waals surface area contributed by atoms with Crippen molar-refractivity contribution in [1.82, 2.24) is 10.2 Å². The third-order valence-electron chi connectivity index (χ3n) is 4.64. The Labute approximate surface area is 184 Å². The number of hydrogen-bond donors (Lipinski definition) is 1. The van der Waals surface area contributed by atoms with Gasteiger partial charge in [0.2, 0.25) is 11.8 Å². The van der Waals surface area contributed by atoms with Crippen LogP contribution in [0.5, 0.6) is 17.2 Å². The smallest absolute Gasteiger partial charge is 0.277 e. The monoisotopic (exact) mass is 441 g/mol. The Balaban J connectivity index is 1.38. The molecule has 0 fully saturated rings. The highest BCUT2D eigenvalue weighted by Gasteiger charge is 2.23. The number of ether oxygens (including phenoxy) is 3. The fraction of sp³-hybridized carbons (Fsp3) is 0.318. The Morgan fingerprint density at radius 3 is 2.81 bits per heavy atom. The summed E-state index contributed by atoms with van der Waals surface area (Å²) in [6.07, 6.45) is 0.941. The lowest BCUT2D eigenvalue weighted by Gasteiger charge is -2.13. The predicted molar refractivity (Wildman–Crippen MR) is 117 cm³/mol. The Kier molecular flexibility index (Phi) is 6.31. The van der Waals surface area contributed by atoms with Crippen LogP contribution >= 0.6 is 11.8 Å². The van der Waals surface area contributed by atoms with Crippen molar-refractivity contribution in [2.75, 3.05) is 24.8 Å². The maximum atomic E-state index is 12.5. The Morgan fingerprint density at radius 1 is 1.26 bits per heavy atom. The maximum absolute atomic E-state index is 12.5. The first kappa shape index (κ1) is 21.0. The second-order valence-electron chi connectivity index (χ2n) is 6.96. The molecule has 1 aromatic heterocycles. The summed E-state index contributed by atoms with van der Waals surface area (Å²) in [5.41, 5.74) is 2.45. The topological polar surface area (TPSA) is 95.7 Å². The van der Waals surface area contributed by atoms with Gasteiger partial charge in [-0.2, -0.15) is 0 Å². The molecule has 1 amide bonds. The summed E-state index contributed by atoms with van der Waals surface area (Å²) in [6, 6.07) is 11.1. The Hall–Kier alpha value is -3.20. The highest BCUT2D eigenvalue weighted by molar-refractivity contribution is 7.99. The highest BCUT2D eigenvalue weighted by atomic mass is 32.2. The zero-order valence-electron chi connectivity index (χ0n) is 17.5. The summed E-state index contributed by atoms with van der Waals surface area (Å²) in [5.74, 6) is 2.45. The van der Waals surface area contributed by atoms with Gasteiger partial charge in [-0.15, -0.1) is 10.2 Å². The van der Waals surface area contributed by atoms with Crippen molar-refractivity contribution in [3.05, 3.63) is 42.0 Å². The summed E-state index contributed by atoms with van der Waals surface area (Å²) in [6.45, 7) is 4.42. The zero-order valence-corrected chi connectivity index (χ0v) is 18.3. The average Bonchev–Trinajstić information content (AvgIpc) is 3.38. The van der Waals surface area contributed by atoms with Crippen molar-refractivity contribution < 1.29 is 23.4 Å². The second-order valence-corrected chi connectivity index (χ2v) is 7.89. The van der Waals surface area contributed by atoms with Crippen molar-refractivity contribution >= 4 is 23.4 Å². The molecule has 1 aliphatic heterocycles. The number of carbonyl (C=O) groups is 1. The van der Waals surface area contributed by atoms with Crippen molar-refractivity contribution in [1.29, 1.82) is 0 Å². The van der Waals surface area contributed by atoms with E-state index in [1.54, 1.807) is 7.11 Å². The number of fused-ring (bicyclic) bond motifs is 1. The minimum Gasteiger partial charge on any atom is -0.497 e. The SMILES string of the molecule is CCOc1cc2c(cc1NC(=O)CSc1nnc(-c3ccc(OC)cc3)o1)OC(C)C2. The minimum atomic E-state index is -0.207. The van der Waals surface area contributed by atoms with Crippen LogP contribution in [0.4, 0.5) is 5.69 Å². The van der Waals surface area contributed by atoms with Gasteiger partial charge >= 0.3 is 0 Å². The number of thioether (sulfide) groups is 1. The van der Waals surface area contributed by atoms with Crippen LogP contribution in [0, 0.1) is 0 Å². The lowest BCUT2D eigenvalue weighted by Crippen LogP contribution is -2.15. The van der Waals surface area contributed by atoms with Gasteiger partial charge in [0.25, 0.3) is 5.22 Å². The van der Waals surface area contributed by atoms with E-state index >= 15 is 0 Å². The molecule has 1 aliphatic rings. The van der Waals surface area contributed by atoms with Crippen LogP contribution in [-0.2, 0) is 11.2 Å². The number of nitrogens with one attached hydrogen (secondary N) is 1. The van der Waals surface area contributed by atoms with Crippen LogP contribution in [0.25, 0.3) is 11.5 Å². The van der Waals surface area contributed by atoms with Crippen LogP contribution in [0.2, 0.25) is 0 Å². The van der Waals surface area contributed by atoms with Crippen LogP contribution in [0.1, 0.15) is 19.4 Å². The van der Waals surface area contributed by atoms with E-state index in [0.29, 0.717) is 29.2 Å². The predicted octanol–water partition coefficient (Wildman–Crippen LogP) is 4.20. The molecule has 1 atom stereocenters. The van der Waals surface area contributed by atoms with E-state index < -0.39 is 0 Å². The molecule has 1 N–H and O–H groups in total. The van der Waals surface area contributed by atoms with Gasteiger partial charge in [0.15, 0.2) is 0 Å². The molecule has 0 radical (unpaired) electrons. The first-order chi connectivity index (χ1) is 15.1. The standard InChI is InChI=1S/C22H23N3O5S/c1-4-28-19-10-15-9-13(2)29-18(15)11-17(19)23-20(26)12-31-22-25-24-21(30-22)14-5-7-16(27-3)8-6-14/h5-8,10-11,13H,4,9,12H2,1-3H3,(H,23,26). The summed E-state index contributed by atoms with van der Waals surface area (Å²) in [7, 11) is 1.61. The largest absolute Gasteiger partial charge is 0.497 e. The molecule has 3 aromatic rings. The lowest BCUT2D eigenvalue weighted by molar-refractivity contribution is -0.113. The van der Waals surface area contributed by atoms with E-state index in [2.05, 4.69) is 15.5 Å². The highest BCUT2D eigenvalue weighted by Crippen LogP contribution is 2.38. The molecule has 8 nitrogen and oxygen atoms in total. The Bertz CT molecular complexity index is 1070. The number of methoxy groups -OCH3 is 1. The van der Waals surface area contributed by atoms with E-state index in [0.717, 1.165) is 29.0 Å². The summed E-state index contributed by atoms with van der Waals surface area (Å²) < 4.78 is 22.3. The molecule has 4 rings (SSSR count). The summed E-state index contributed by atoms with van der Waals surface area (Å²) in [5, 5.41) is 11.3. The van der Waals surface area contributed by atoms with Crippen LogP contribution in [0.15, 0.2) is 46.0 Å². The van der Waals surface area contributed by atoms with Gasteiger partial charge in [-0.1, -0.05) is 11.8 Å². The van der Waals surface area contributed by atoms with E-state index in [9.17, 15) is 4.79 Å². The number of aromatic nitrogens is 2. The average molecular weight is 442 g/mol. The zero-order chi connectivity index (χ0) is 21.8. The number of rotatable bonds is 8. The number of nitrogens with zero attached hydrogens (tertiary/aromatic N) is 2. The second kappa shape index (κ2) is 9.30. The molecule has 162 valence electrons. The van der Waals surface area contributed by atoms with Gasteiger partial charge in [-0.25, -0.2) is 0 Å². The third kappa shape index (κ3) is 4.93. The maximum Gasteiger partial charge on any atom is 0.277 e. The molecule has 0 saturated carbocycles. The number of hydrogen-bond acceptors (Lipinski definition) is 8. The molecular weight excluding hydrogens is 418 g/mol. The van der Waals surface area contributed by atoms with Gasteiger partial charge in [0.1, 0.15) is 23.4 Å². The molecule has 0 aliphatic carbocycles. The van der Waals surface area contributed by atoms with Crippen molar-refractivity contribution in [2.24, 2.45) is 0 Å². The van der Waals surface area contributed by atoms with Crippen LogP contribution < -0.4 is 19.5 Å². The lowest BCUT2D eigenvalue weighted by atomic mass is 10.1. The molecule has 0 saturated heterocycles. The van der Waals surface area contributed by atoms with E-state index in [4.69, 9.17) is 18.6 Å². The molecule has 9 heteroatoms. The molecule has 1 unspecified atom stereocenters. The van der Waals surface area contributed by atoms with Crippen molar-refractivity contribution in [3.63, 3.8) is 0 Å². The third-order valence-corrected chi connectivity index (χ3v) is 5.46. The van der Waals surface area contributed by atoms with Crippen molar-refractivity contribution in [3.8, 4) is 28.7 Å². The molecule has 0 bridgehead atoms. The Morgan fingerprint density at radius 2 is 2.06 bits per heavy atom. The van der Waals surface area contributed by atoms with Gasteiger partial charge in [-0.05, 0) is 44.2 Å². The van der Waals surface area contributed by atoms with Crippen LogP contribution in [0.3, 0.4) is 0 Å². The molecule has 2 heterocycles. The molecule has 2 aromatic carbocycles. The number of amides is 1. The fourth-order valence-corrected chi connectivity index (χ4v) is 3.81. The van der Waals surface area contributed by atoms with Gasteiger partial charge in [0, 0.05) is 23.6 Å². The molecular formula is C22H23N3O5S. The van der Waals surface area contributed by atoms with Gasteiger partial charge in [0.05, 0.1) is 25.2 Å². The van der Waals surface area contributed by atoms with E-state index in [1.165, 1.54) is 11.8 Å². The number of carbonyl (C=O) groups excluding carboxylic acids is 1. The van der Waals surface area contributed by atoms with Crippen molar-refractivity contribution in [2.45, 2.75) is 31.6 Å². The quantitative estimate of drug-likeness (QED) is 0.520. The number of anilines is 1. The summed E-state index contributed by atoms with van der Waals surface area (Å²) >= 11 is 1.17. The first-order valence-corrected chi connectivity index (χ1v) is 10.9.